The summed E-state index contributed by atoms with van der Waals surface area (Å²) in [6, 6.07) is 9.50. The SMILES string of the molecule is CC(C)N1CCN(c2ccc(-c3ncc4c(n3)N(CCCN3CCCC3)CC4)cc2)CC1. The van der Waals surface area contributed by atoms with Gasteiger partial charge in [0.2, 0.25) is 0 Å². The fourth-order valence-electron chi connectivity index (χ4n) is 5.38. The van der Waals surface area contributed by atoms with Crippen LogP contribution >= 0.6 is 0 Å². The van der Waals surface area contributed by atoms with Crippen LogP contribution in [0.2, 0.25) is 0 Å². The Morgan fingerprint density at radius 1 is 0.875 bits per heavy atom. The minimum atomic E-state index is 0.635. The van der Waals surface area contributed by atoms with Crippen molar-refractivity contribution in [3.05, 3.63) is 36.0 Å². The molecule has 0 saturated carbocycles. The number of benzene rings is 1. The lowest BCUT2D eigenvalue weighted by atomic mass is 10.1. The molecule has 4 heterocycles. The van der Waals surface area contributed by atoms with E-state index in [-0.39, 0.29) is 0 Å². The molecule has 0 amide bonds. The van der Waals surface area contributed by atoms with E-state index in [4.69, 9.17) is 9.97 Å². The maximum Gasteiger partial charge on any atom is 0.161 e. The predicted octanol–water partition coefficient (Wildman–Crippen LogP) is 3.52. The smallest absolute Gasteiger partial charge is 0.161 e. The van der Waals surface area contributed by atoms with Gasteiger partial charge >= 0.3 is 0 Å². The molecular formula is C26H38N6. The molecule has 0 N–H and O–H groups in total. The van der Waals surface area contributed by atoms with E-state index in [0.29, 0.717) is 6.04 Å². The molecule has 2 aromatic rings. The van der Waals surface area contributed by atoms with E-state index >= 15 is 0 Å². The first-order valence-corrected chi connectivity index (χ1v) is 12.6. The Morgan fingerprint density at radius 3 is 2.34 bits per heavy atom. The van der Waals surface area contributed by atoms with Crippen LogP contribution in [0.15, 0.2) is 30.5 Å². The molecule has 0 atom stereocenters. The number of fused-ring (bicyclic) bond motifs is 1. The third-order valence-electron chi connectivity index (χ3n) is 7.43. The Balaban J connectivity index is 1.22. The van der Waals surface area contributed by atoms with Gasteiger partial charge in [-0.05, 0) is 83.4 Å². The lowest BCUT2D eigenvalue weighted by Crippen LogP contribution is -2.48. The predicted molar refractivity (Wildman–Crippen MR) is 133 cm³/mol. The Hall–Kier alpha value is -2.18. The van der Waals surface area contributed by atoms with E-state index in [0.717, 1.165) is 62.9 Å². The molecular weight excluding hydrogens is 396 g/mol. The lowest BCUT2D eigenvalue weighted by Gasteiger charge is -2.38. The number of aromatic nitrogens is 2. The number of hydrogen-bond donors (Lipinski definition) is 0. The monoisotopic (exact) mass is 434 g/mol. The summed E-state index contributed by atoms with van der Waals surface area (Å²) < 4.78 is 0. The molecule has 6 nitrogen and oxygen atoms in total. The summed E-state index contributed by atoms with van der Waals surface area (Å²) in [7, 11) is 0. The molecule has 2 fully saturated rings. The molecule has 1 aromatic heterocycles. The second kappa shape index (κ2) is 9.75. The number of hydrogen-bond acceptors (Lipinski definition) is 6. The Bertz CT molecular complexity index is 882. The molecule has 0 radical (unpaired) electrons. The Labute approximate surface area is 193 Å². The average Bonchev–Trinajstić information content (AvgIpc) is 3.49. The molecule has 6 heteroatoms. The van der Waals surface area contributed by atoms with Gasteiger partial charge in [0.15, 0.2) is 5.82 Å². The zero-order chi connectivity index (χ0) is 21.9. The molecule has 0 unspecified atom stereocenters. The lowest BCUT2D eigenvalue weighted by molar-refractivity contribution is 0.209. The van der Waals surface area contributed by atoms with Crippen molar-refractivity contribution in [2.24, 2.45) is 0 Å². The van der Waals surface area contributed by atoms with Gasteiger partial charge in [0.05, 0.1) is 0 Å². The Kier molecular flexibility index (Phi) is 6.60. The first kappa shape index (κ1) is 21.7. The minimum absolute atomic E-state index is 0.635. The maximum absolute atomic E-state index is 5.01. The van der Waals surface area contributed by atoms with Gasteiger partial charge in [-0.3, -0.25) is 4.90 Å². The van der Waals surface area contributed by atoms with Crippen LogP contribution in [0.5, 0.6) is 0 Å². The highest BCUT2D eigenvalue weighted by Gasteiger charge is 2.23. The van der Waals surface area contributed by atoms with Crippen LogP contribution < -0.4 is 9.80 Å². The molecule has 2 saturated heterocycles. The second-order valence-corrected chi connectivity index (χ2v) is 9.85. The van der Waals surface area contributed by atoms with Gasteiger partial charge in [-0.15, -0.1) is 0 Å². The van der Waals surface area contributed by atoms with Gasteiger partial charge in [0, 0.05) is 68.3 Å². The molecule has 0 spiro atoms. The average molecular weight is 435 g/mol. The molecule has 3 aliphatic heterocycles. The number of likely N-dealkylation sites (tertiary alicyclic amines) is 1. The van der Waals surface area contributed by atoms with Crippen LogP contribution in [-0.2, 0) is 6.42 Å². The number of nitrogens with zero attached hydrogens (tertiary/aromatic N) is 6. The number of rotatable bonds is 7. The Morgan fingerprint density at radius 2 is 1.62 bits per heavy atom. The van der Waals surface area contributed by atoms with Crippen LogP contribution in [0.25, 0.3) is 11.4 Å². The molecule has 32 heavy (non-hydrogen) atoms. The third kappa shape index (κ3) is 4.76. The fraction of sp³-hybridized carbons (Fsp3) is 0.615. The van der Waals surface area contributed by atoms with E-state index in [2.05, 4.69) is 63.9 Å². The number of piperazine rings is 1. The molecule has 1 aromatic carbocycles. The van der Waals surface area contributed by atoms with Crippen LogP contribution in [0, 0.1) is 0 Å². The van der Waals surface area contributed by atoms with Crippen molar-refractivity contribution in [2.45, 2.75) is 45.6 Å². The highest BCUT2D eigenvalue weighted by atomic mass is 15.3. The van der Waals surface area contributed by atoms with Crippen LogP contribution in [-0.4, -0.2) is 84.7 Å². The largest absolute Gasteiger partial charge is 0.369 e. The molecule has 5 rings (SSSR count). The van der Waals surface area contributed by atoms with Crippen molar-refractivity contribution >= 4 is 11.5 Å². The van der Waals surface area contributed by atoms with Gasteiger partial charge in [-0.2, -0.15) is 0 Å². The van der Waals surface area contributed by atoms with E-state index in [9.17, 15) is 0 Å². The maximum atomic E-state index is 5.01. The van der Waals surface area contributed by atoms with E-state index < -0.39 is 0 Å². The van der Waals surface area contributed by atoms with Crippen molar-refractivity contribution in [1.29, 1.82) is 0 Å². The molecule has 3 aliphatic rings. The summed E-state index contributed by atoms with van der Waals surface area (Å²) in [5.41, 5.74) is 3.72. The van der Waals surface area contributed by atoms with Crippen molar-refractivity contribution < 1.29 is 0 Å². The second-order valence-electron chi connectivity index (χ2n) is 9.85. The molecule has 0 bridgehead atoms. The highest BCUT2D eigenvalue weighted by molar-refractivity contribution is 5.63. The third-order valence-corrected chi connectivity index (χ3v) is 7.43. The van der Waals surface area contributed by atoms with Gasteiger partial charge in [0.25, 0.3) is 0 Å². The standard InChI is InChI=1S/C26H38N6/c1-21(2)30-16-18-31(19-17-30)24-8-6-22(7-9-24)25-27-20-23-10-15-32(26(23)28-25)14-5-13-29-11-3-4-12-29/h6-9,20-21H,3-5,10-19H2,1-2H3. The van der Waals surface area contributed by atoms with Gasteiger partial charge in [-0.1, -0.05) is 0 Å². The first-order valence-electron chi connectivity index (χ1n) is 12.6. The summed E-state index contributed by atoms with van der Waals surface area (Å²) in [5.74, 6) is 2.01. The summed E-state index contributed by atoms with van der Waals surface area (Å²) >= 11 is 0. The van der Waals surface area contributed by atoms with Gasteiger partial charge in [0.1, 0.15) is 5.82 Å². The van der Waals surface area contributed by atoms with Crippen LogP contribution in [0.3, 0.4) is 0 Å². The van der Waals surface area contributed by atoms with Gasteiger partial charge < -0.3 is 14.7 Å². The quantitative estimate of drug-likeness (QED) is 0.664. The van der Waals surface area contributed by atoms with Crippen molar-refractivity contribution in [2.75, 3.05) is 68.7 Å². The summed E-state index contributed by atoms with van der Waals surface area (Å²) in [6.45, 7) is 15.0. The highest BCUT2D eigenvalue weighted by Crippen LogP contribution is 2.29. The van der Waals surface area contributed by atoms with Crippen LogP contribution in [0.4, 0.5) is 11.5 Å². The summed E-state index contributed by atoms with van der Waals surface area (Å²) in [6.07, 6.45) is 7.08. The normalized spacial score (nSPS) is 19.8. The minimum Gasteiger partial charge on any atom is -0.369 e. The molecule has 172 valence electrons. The van der Waals surface area contributed by atoms with E-state index in [1.807, 2.05) is 0 Å². The van der Waals surface area contributed by atoms with E-state index in [1.54, 1.807) is 0 Å². The van der Waals surface area contributed by atoms with Crippen molar-refractivity contribution in [3.63, 3.8) is 0 Å². The summed E-state index contributed by atoms with van der Waals surface area (Å²) in [4.78, 5) is 19.8. The fourth-order valence-corrected chi connectivity index (χ4v) is 5.38. The number of anilines is 2. The van der Waals surface area contributed by atoms with Crippen LogP contribution in [0.1, 0.15) is 38.7 Å². The topological polar surface area (TPSA) is 38.7 Å². The summed E-state index contributed by atoms with van der Waals surface area (Å²) in [5, 5.41) is 0. The molecule has 0 aliphatic carbocycles. The van der Waals surface area contributed by atoms with Crippen molar-refractivity contribution in [1.82, 2.24) is 19.8 Å². The first-order chi connectivity index (χ1) is 15.7. The van der Waals surface area contributed by atoms with Gasteiger partial charge in [-0.25, -0.2) is 9.97 Å². The zero-order valence-corrected chi connectivity index (χ0v) is 19.8. The van der Waals surface area contributed by atoms with Crippen molar-refractivity contribution in [3.8, 4) is 11.4 Å². The zero-order valence-electron chi connectivity index (χ0n) is 19.8. The van der Waals surface area contributed by atoms with E-state index in [1.165, 1.54) is 50.1 Å².